The number of likely N-dealkylation sites (tertiary alicyclic amines) is 1. The Morgan fingerprint density at radius 1 is 1.12 bits per heavy atom. The van der Waals surface area contributed by atoms with Gasteiger partial charge in [-0.3, -0.25) is 0 Å². The summed E-state index contributed by atoms with van der Waals surface area (Å²) in [5.41, 5.74) is 3.04. The molecule has 2 aliphatic heterocycles. The first-order valence-corrected chi connectivity index (χ1v) is 11.3. The van der Waals surface area contributed by atoms with Gasteiger partial charge < -0.3 is 10.2 Å². The molecule has 2 aromatic rings. The first-order chi connectivity index (χ1) is 12.4. The van der Waals surface area contributed by atoms with Gasteiger partial charge in [0, 0.05) is 42.5 Å². The second kappa shape index (κ2) is 6.81. The van der Waals surface area contributed by atoms with Gasteiger partial charge in [-0.05, 0) is 39.5 Å². The smallest absolute Gasteiger partial charge is 0.157 e. The Labute approximate surface area is 154 Å². The molecule has 26 heavy (non-hydrogen) atoms. The molecule has 0 spiro atoms. The van der Waals surface area contributed by atoms with Crippen molar-refractivity contribution in [2.75, 3.05) is 29.9 Å². The van der Waals surface area contributed by atoms with E-state index >= 15 is 0 Å². The van der Waals surface area contributed by atoms with Crippen molar-refractivity contribution in [2.45, 2.75) is 51.6 Å². The van der Waals surface area contributed by atoms with Crippen molar-refractivity contribution in [3.63, 3.8) is 0 Å². The van der Waals surface area contributed by atoms with Crippen LogP contribution in [0.3, 0.4) is 0 Å². The van der Waals surface area contributed by atoms with E-state index in [1.807, 2.05) is 17.5 Å². The lowest BCUT2D eigenvalue weighted by Gasteiger charge is -2.39. The fraction of sp³-hybridized carbons (Fsp3) is 0.667. The number of anilines is 1. The summed E-state index contributed by atoms with van der Waals surface area (Å²) in [7, 11) is -2.78. The monoisotopic (exact) mass is 377 g/mol. The van der Waals surface area contributed by atoms with Gasteiger partial charge in [0.05, 0.1) is 17.7 Å². The van der Waals surface area contributed by atoms with Gasteiger partial charge in [0.1, 0.15) is 15.7 Å². The first kappa shape index (κ1) is 17.7. The van der Waals surface area contributed by atoms with Crippen LogP contribution in [0.5, 0.6) is 0 Å². The Balaban J connectivity index is 1.40. The van der Waals surface area contributed by atoms with E-state index in [1.165, 1.54) is 0 Å². The minimum absolute atomic E-state index is 0.350. The Hall–Kier alpha value is -1.67. The third kappa shape index (κ3) is 3.44. The largest absolute Gasteiger partial charge is 0.367 e. The van der Waals surface area contributed by atoms with Gasteiger partial charge in [-0.2, -0.15) is 9.61 Å². The Kier molecular flexibility index (Phi) is 4.64. The topological polar surface area (TPSA) is 79.6 Å². The molecule has 2 aromatic heterocycles. The number of nitrogens with zero attached hydrogens (tertiary/aromatic N) is 4. The Bertz CT molecular complexity index is 886. The van der Waals surface area contributed by atoms with Gasteiger partial charge in [0.25, 0.3) is 0 Å². The number of piperidine rings is 1. The molecule has 2 fully saturated rings. The second-order valence-corrected chi connectivity index (χ2v) is 9.91. The summed E-state index contributed by atoms with van der Waals surface area (Å²) in [5, 5.41) is 8.11. The Morgan fingerprint density at radius 3 is 2.50 bits per heavy atom. The minimum atomic E-state index is -2.78. The van der Waals surface area contributed by atoms with E-state index in [0.29, 0.717) is 23.6 Å². The van der Waals surface area contributed by atoms with Crippen LogP contribution >= 0.6 is 0 Å². The highest BCUT2D eigenvalue weighted by molar-refractivity contribution is 7.91. The highest BCUT2D eigenvalue weighted by atomic mass is 32.2. The SMILES string of the molecule is Cc1nc2ccnn2c(NC2CCN(C3CCS(=O)(=O)CC3)CC2)c1C. The van der Waals surface area contributed by atoms with Crippen molar-refractivity contribution in [1.82, 2.24) is 19.5 Å². The third-order valence-corrected chi connectivity index (χ3v) is 7.64. The fourth-order valence-corrected chi connectivity index (χ4v) is 5.62. The third-order valence-electron chi connectivity index (χ3n) is 5.93. The molecule has 1 N–H and O–H groups in total. The highest BCUT2D eigenvalue weighted by Gasteiger charge is 2.30. The maximum absolute atomic E-state index is 11.6. The summed E-state index contributed by atoms with van der Waals surface area (Å²) in [5.74, 6) is 1.74. The number of hydrogen-bond acceptors (Lipinski definition) is 6. The summed E-state index contributed by atoms with van der Waals surface area (Å²) in [4.78, 5) is 7.06. The molecule has 0 saturated carbocycles. The molecule has 142 valence electrons. The average molecular weight is 378 g/mol. The first-order valence-electron chi connectivity index (χ1n) is 9.45. The molecule has 0 aliphatic carbocycles. The molecule has 2 saturated heterocycles. The highest BCUT2D eigenvalue weighted by Crippen LogP contribution is 2.25. The molecule has 0 atom stereocenters. The lowest BCUT2D eigenvalue weighted by Crippen LogP contribution is -2.47. The van der Waals surface area contributed by atoms with E-state index in [9.17, 15) is 8.42 Å². The molecule has 0 amide bonds. The van der Waals surface area contributed by atoms with Crippen molar-refractivity contribution < 1.29 is 8.42 Å². The second-order valence-electron chi connectivity index (χ2n) is 7.61. The van der Waals surface area contributed by atoms with Crippen molar-refractivity contribution in [2.24, 2.45) is 0 Å². The number of rotatable bonds is 3. The van der Waals surface area contributed by atoms with Gasteiger partial charge in [0.15, 0.2) is 5.65 Å². The van der Waals surface area contributed by atoms with Crippen molar-refractivity contribution in [3.8, 4) is 0 Å². The van der Waals surface area contributed by atoms with Crippen molar-refractivity contribution in [1.29, 1.82) is 0 Å². The Morgan fingerprint density at radius 2 is 1.81 bits per heavy atom. The van der Waals surface area contributed by atoms with Crippen LogP contribution in [0.2, 0.25) is 0 Å². The molecular formula is C18H27N5O2S. The van der Waals surface area contributed by atoms with E-state index in [4.69, 9.17) is 0 Å². The number of aromatic nitrogens is 3. The van der Waals surface area contributed by atoms with Crippen molar-refractivity contribution in [3.05, 3.63) is 23.5 Å². The summed E-state index contributed by atoms with van der Waals surface area (Å²) in [6.45, 7) is 6.16. The van der Waals surface area contributed by atoms with Crippen LogP contribution in [0, 0.1) is 13.8 Å². The molecule has 2 aliphatic rings. The standard InChI is InChI=1S/C18H27N5O2S/c1-13-14(2)20-17-3-8-19-23(17)18(13)21-15-4-9-22(10-5-15)16-6-11-26(24,25)12-7-16/h3,8,15-16,21H,4-7,9-12H2,1-2H3. The summed E-state index contributed by atoms with van der Waals surface area (Å²) in [6, 6.07) is 2.77. The lowest BCUT2D eigenvalue weighted by molar-refractivity contribution is 0.147. The van der Waals surface area contributed by atoms with Crippen LogP contribution in [0.25, 0.3) is 5.65 Å². The quantitative estimate of drug-likeness (QED) is 0.879. The van der Waals surface area contributed by atoms with Crippen LogP contribution in [0.1, 0.15) is 36.9 Å². The summed E-state index contributed by atoms with van der Waals surface area (Å²) in [6.07, 6.45) is 5.49. The molecule has 7 nitrogen and oxygen atoms in total. The maximum atomic E-state index is 11.6. The number of sulfone groups is 1. The van der Waals surface area contributed by atoms with Gasteiger partial charge >= 0.3 is 0 Å². The van der Waals surface area contributed by atoms with Crippen molar-refractivity contribution >= 4 is 21.3 Å². The lowest BCUT2D eigenvalue weighted by atomic mass is 10.0. The molecule has 0 radical (unpaired) electrons. The predicted molar refractivity (Wildman–Crippen MR) is 102 cm³/mol. The molecule has 0 bridgehead atoms. The number of hydrogen-bond donors (Lipinski definition) is 1. The van der Waals surface area contributed by atoms with E-state index in [1.54, 1.807) is 6.20 Å². The molecular weight excluding hydrogens is 350 g/mol. The van der Waals surface area contributed by atoms with Gasteiger partial charge in [-0.25, -0.2) is 13.4 Å². The molecule has 0 unspecified atom stereocenters. The van der Waals surface area contributed by atoms with Crippen LogP contribution in [0.15, 0.2) is 12.3 Å². The average Bonchev–Trinajstić information content (AvgIpc) is 3.07. The number of fused-ring (bicyclic) bond motifs is 1. The van der Waals surface area contributed by atoms with E-state index in [2.05, 4.69) is 27.2 Å². The zero-order chi connectivity index (χ0) is 18.3. The zero-order valence-electron chi connectivity index (χ0n) is 15.5. The minimum Gasteiger partial charge on any atom is -0.367 e. The van der Waals surface area contributed by atoms with Crippen LogP contribution < -0.4 is 5.32 Å². The van der Waals surface area contributed by atoms with Crippen LogP contribution in [0.4, 0.5) is 5.82 Å². The maximum Gasteiger partial charge on any atom is 0.157 e. The molecule has 4 rings (SSSR count). The molecule has 4 heterocycles. The van der Waals surface area contributed by atoms with Crippen LogP contribution in [-0.2, 0) is 9.84 Å². The van der Waals surface area contributed by atoms with Gasteiger partial charge in [0.2, 0.25) is 0 Å². The predicted octanol–water partition coefficient (Wildman–Crippen LogP) is 1.80. The fourth-order valence-electron chi connectivity index (χ4n) is 4.15. The molecule has 0 aromatic carbocycles. The molecule has 8 heteroatoms. The van der Waals surface area contributed by atoms with E-state index < -0.39 is 9.84 Å². The van der Waals surface area contributed by atoms with Gasteiger partial charge in [-0.1, -0.05) is 0 Å². The van der Waals surface area contributed by atoms with Crippen LogP contribution in [-0.4, -0.2) is 64.6 Å². The van der Waals surface area contributed by atoms with Gasteiger partial charge in [-0.15, -0.1) is 0 Å². The van der Waals surface area contributed by atoms with E-state index in [0.717, 1.165) is 61.5 Å². The van der Waals surface area contributed by atoms with E-state index in [-0.39, 0.29) is 0 Å². The number of nitrogens with one attached hydrogen (secondary N) is 1. The summed E-state index contributed by atoms with van der Waals surface area (Å²) < 4.78 is 25.2. The normalized spacial score (nSPS) is 22.7. The zero-order valence-corrected chi connectivity index (χ0v) is 16.3. The number of aryl methyl sites for hydroxylation is 1. The summed E-state index contributed by atoms with van der Waals surface area (Å²) >= 11 is 0.